The van der Waals surface area contributed by atoms with Crippen LogP contribution in [0.1, 0.15) is 38.3 Å². The first kappa shape index (κ1) is 16.6. The first-order valence-corrected chi connectivity index (χ1v) is 8.41. The van der Waals surface area contributed by atoms with Crippen LogP contribution in [0.15, 0.2) is 23.2 Å². The molecule has 0 spiro atoms. The summed E-state index contributed by atoms with van der Waals surface area (Å²) in [6.45, 7) is 7.11. The highest BCUT2D eigenvalue weighted by molar-refractivity contribution is 5.90. The molecule has 0 saturated carbocycles. The van der Waals surface area contributed by atoms with Crippen molar-refractivity contribution in [3.05, 3.63) is 24.4 Å². The van der Waals surface area contributed by atoms with Crippen molar-refractivity contribution in [1.29, 1.82) is 0 Å². The molecule has 1 fully saturated rings. The SMILES string of the molecule is CC(C)c1cc(NC(=O)CN2CCC[C@@H](Cn3cncn3)C2)on1. The maximum atomic E-state index is 12.2. The maximum Gasteiger partial charge on any atom is 0.240 e. The zero-order valence-corrected chi connectivity index (χ0v) is 14.2. The third kappa shape index (κ3) is 4.41. The predicted molar refractivity (Wildman–Crippen MR) is 88.4 cm³/mol. The monoisotopic (exact) mass is 332 g/mol. The van der Waals surface area contributed by atoms with Gasteiger partial charge in [0.25, 0.3) is 0 Å². The van der Waals surface area contributed by atoms with Crippen molar-refractivity contribution in [1.82, 2.24) is 24.8 Å². The first-order valence-electron chi connectivity index (χ1n) is 8.41. The zero-order valence-electron chi connectivity index (χ0n) is 14.2. The Balaban J connectivity index is 1.48. The number of likely N-dealkylation sites (tertiary alicyclic amines) is 1. The van der Waals surface area contributed by atoms with Gasteiger partial charge in [0, 0.05) is 19.2 Å². The lowest BCUT2D eigenvalue weighted by molar-refractivity contribution is -0.117. The molecule has 1 amide bonds. The van der Waals surface area contributed by atoms with Crippen molar-refractivity contribution in [2.24, 2.45) is 5.92 Å². The fourth-order valence-corrected chi connectivity index (χ4v) is 3.04. The van der Waals surface area contributed by atoms with Gasteiger partial charge in [-0.2, -0.15) is 5.10 Å². The summed E-state index contributed by atoms with van der Waals surface area (Å²) >= 11 is 0. The average molecular weight is 332 g/mol. The second-order valence-electron chi connectivity index (χ2n) is 6.68. The van der Waals surface area contributed by atoms with E-state index >= 15 is 0 Å². The van der Waals surface area contributed by atoms with Gasteiger partial charge in [0.15, 0.2) is 0 Å². The van der Waals surface area contributed by atoms with Crippen LogP contribution in [0.5, 0.6) is 0 Å². The molecule has 8 nitrogen and oxygen atoms in total. The third-order valence-corrected chi connectivity index (χ3v) is 4.26. The largest absolute Gasteiger partial charge is 0.338 e. The molecule has 24 heavy (non-hydrogen) atoms. The summed E-state index contributed by atoms with van der Waals surface area (Å²) in [5.41, 5.74) is 0.844. The fraction of sp³-hybridized carbons (Fsp3) is 0.625. The number of aromatic nitrogens is 4. The van der Waals surface area contributed by atoms with Crippen molar-refractivity contribution in [2.75, 3.05) is 25.0 Å². The van der Waals surface area contributed by atoms with E-state index in [0.717, 1.165) is 38.2 Å². The van der Waals surface area contributed by atoms with Crippen LogP contribution in [0.3, 0.4) is 0 Å². The Morgan fingerprint density at radius 1 is 1.50 bits per heavy atom. The van der Waals surface area contributed by atoms with Crippen molar-refractivity contribution < 1.29 is 9.32 Å². The van der Waals surface area contributed by atoms with Crippen molar-refractivity contribution in [2.45, 2.75) is 39.2 Å². The number of hydrogen-bond donors (Lipinski definition) is 1. The predicted octanol–water partition coefficient (Wildman–Crippen LogP) is 1.74. The number of rotatable bonds is 6. The summed E-state index contributed by atoms with van der Waals surface area (Å²) in [5, 5.41) is 10.9. The van der Waals surface area contributed by atoms with Crippen LogP contribution in [0.4, 0.5) is 5.88 Å². The number of piperidine rings is 1. The fourth-order valence-electron chi connectivity index (χ4n) is 3.04. The second kappa shape index (κ2) is 7.57. The Hall–Kier alpha value is -2.22. The molecule has 1 aliphatic heterocycles. The molecule has 3 heterocycles. The quantitative estimate of drug-likeness (QED) is 0.867. The summed E-state index contributed by atoms with van der Waals surface area (Å²) in [6, 6.07) is 1.78. The van der Waals surface area contributed by atoms with Gasteiger partial charge >= 0.3 is 0 Å². The smallest absolute Gasteiger partial charge is 0.240 e. The molecular weight excluding hydrogens is 308 g/mol. The summed E-state index contributed by atoms with van der Waals surface area (Å²) < 4.78 is 7.02. The molecule has 1 aliphatic rings. The van der Waals surface area contributed by atoms with Crippen LogP contribution < -0.4 is 5.32 Å². The number of anilines is 1. The lowest BCUT2D eigenvalue weighted by Crippen LogP contribution is -2.41. The minimum Gasteiger partial charge on any atom is -0.338 e. The van der Waals surface area contributed by atoms with Gasteiger partial charge in [-0.25, -0.2) is 4.98 Å². The van der Waals surface area contributed by atoms with Gasteiger partial charge in [-0.05, 0) is 31.2 Å². The normalized spacial score (nSPS) is 18.9. The van der Waals surface area contributed by atoms with E-state index in [1.807, 2.05) is 18.5 Å². The van der Waals surface area contributed by atoms with E-state index in [9.17, 15) is 4.79 Å². The van der Waals surface area contributed by atoms with Gasteiger partial charge in [0.05, 0.1) is 12.2 Å². The molecular formula is C16H24N6O2. The van der Waals surface area contributed by atoms with Crippen molar-refractivity contribution in [3.8, 4) is 0 Å². The third-order valence-electron chi connectivity index (χ3n) is 4.26. The molecule has 2 aromatic heterocycles. The number of carbonyl (C=O) groups excluding carboxylic acids is 1. The van der Waals surface area contributed by atoms with Gasteiger partial charge < -0.3 is 4.52 Å². The molecule has 8 heteroatoms. The molecule has 0 aliphatic carbocycles. The highest BCUT2D eigenvalue weighted by atomic mass is 16.5. The van der Waals surface area contributed by atoms with E-state index in [0.29, 0.717) is 18.3 Å². The highest BCUT2D eigenvalue weighted by Crippen LogP contribution is 2.19. The number of nitrogens with one attached hydrogen (secondary N) is 1. The van der Waals surface area contributed by atoms with Gasteiger partial charge in [-0.1, -0.05) is 19.0 Å². The molecule has 1 atom stereocenters. The van der Waals surface area contributed by atoms with Crippen LogP contribution in [0.2, 0.25) is 0 Å². The van der Waals surface area contributed by atoms with E-state index in [2.05, 4.69) is 25.5 Å². The van der Waals surface area contributed by atoms with Crippen molar-refractivity contribution >= 4 is 11.8 Å². The maximum absolute atomic E-state index is 12.2. The summed E-state index contributed by atoms with van der Waals surface area (Å²) in [6.07, 6.45) is 5.53. The van der Waals surface area contributed by atoms with Crippen LogP contribution in [-0.4, -0.2) is 50.4 Å². The topological polar surface area (TPSA) is 89.1 Å². The molecule has 0 bridgehead atoms. The van der Waals surface area contributed by atoms with E-state index in [1.165, 1.54) is 0 Å². The van der Waals surface area contributed by atoms with E-state index in [1.54, 1.807) is 18.7 Å². The number of hydrogen-bond acceptors (Lipinski definition) is 6. The van der Waals surface area contributed by atoms with Crippen molar-refractivity contribution in [3.63, 3.8) is 0 Å². The van der Waals surface area contributed by atoms with E-state index < -0.39 is 0 Å². The van der Waals surface area contributed by atoms with Crippen LogP contribution in [0, 0.1) is 5.92 Å². The Kier molecular flexibility index (Phi) is 5.24. The summed E-state index contributed by atoms with van der Waals surface area (Å²) in [5.74, 6) is 1.12. The summed E-state index contributed by atoms with van der Waals surface area (Å²) in [4.78, 5) is 18.4. The molecule has 0 radical (unpaired) electrons. The lowest BCUT2D eigenvalue weighted by Gasteiger charge is -2.31. The molecule has 2 aromatic rings. The average Bonchev–Trinajstić information content (AvgIpc) is 3.19. The van der Waals surface area contributed by atoms with Crippen LogP contribution in [0.25, 0.3) is 0 Å². The molecule has 1 saturated heterocycles. The molecule has 0 unspecified atom stereocenters. The molecule has 0 aromatic carbocycles. The first-order chi connectivity index (χ1) is 11.6. The lowest BCUT2D eigenvalue weighted by atomic mass is 9.98. The number of amides is 1. The van der Waals surface area contributed by atoms with Gasteiger partial charge in [0.2, 0.25) is 11.8 Å². The summed E-state index contributed by atoms with van der Waals surface area (Å²) in [7, 11) is 0. The zero-order chi connectivity index (χ0) is 16.9. The van der Waals surface area contributed by atoms with Gasteiger partial charge in [0.1, 0.15) is 12.7 Å². The Labute approximate surface area is 141 Å². The van der Waals surface area contributed by atoms with E-state index in [4.69, 9.17) is 4.52 Å². The standard InChI is InChI=1S/C16H24N6O2/c1-12(2)14-6-16(24-20-14)19-15(23)9-21-5-3-4-13(7-21)8-22-11-17-10-18-22/h6,10-13H,3-5,7-9H2,1-2H3,(H,19,23)/t13-/m1/s1. The highest BCUT2D eigenvalue weighted by Gasteiger charge is 2.22. The molecule has 130 valence electrons. The Morgan fingerprint density at radius 3 is 3.08 bits per heavy atom. The minimum absolute atomic E-state index is 0.0668. The second-order valence-corrected chi connectivity index (χ2v) is 6.68. The Bertz CT molecular complexity index is 651. The van der Waals surface area contributed by atoms with Crippen LogP contribution in [-0.2, 0) is 11.3 Å². The van der Waals surface area contributed by atoms with Crippen LogP contribution >= 0.6 is 0 Å². The van der Waals surface area contributed by atoms with Gasteiger partial charge in [-0.3, -0.25) is 19.7 Å². The molecule has 1 N–H and O–H groups in total. The van der Waals surface area contributed by atoms with E-state index in [-0.39, 0.29) is 11.8 Å². The molecule has 3 rings (SSSR count). The minimum atomic E-state index is -0.0668. The Morgan fingerprint density at radius 2 is 2.38 bits per heavy atom. The number of carbonyl (C=O) groups is 1. The number of nitrogens with zero attached hydrogens (tertiary/aromatic N) is 5. The van der Waals surface area contributed by atoms with Gasteiger partial charge in [-0.15, -0.1) is 0 Å².